The van der Waals surface area contributed by atoms with Gasteiger partial charge in [0.2, 0.25) is 6.79 Å². The standard InChI is InChI=1S/C17H19N3O6/c18-19(8-12-1-6-16-17(7-12)26-11-25-16)9-14(21)10-24-15-4-2-13(3-5-15)20(22)23/h1-7,14,21H,8-11,18H2. The molecule has 1 atom stereocenters. The summed E-state index contributed by atoms with van der Waals surface area (Å²) in [7, 11) is 0. The van der Waals surface area contributed by atoms with E-state index in [0.29, 0.717) is 23.8 Å². The Bertz CT molecular complexity index is 768. The molecule has 1 unspecified atom stereocenters. The summed E-state index contributed by atoms with van der Waals surface area (Å²) in [5.41, 5.74) is 0.912. The fourth-order valence-electron chi connectivity index (χ4n) is 2.52. The topological polar surface area (TPSA) is 120 Å². The molecule has 0 fully saturated rings. The van der Waals surface area contributed by atoms with Crippen LogP contribution in [0.4, 0.5) is 5.69 Å². The molecule has 2 aromatic carbocycles. The van der Waals surface area contributed by atoms with Gasteiger partial charge in [0.05, 0.1) is 4.92 Å². The van der Waals surface area contributed by atoms with Crippen molar-refractivity contribution in [3.05, 3.63) is 58.1 Å². The molecular formula is C17H19N3O6. The molecular weight excluding hydrogens is 342 g/mol. The Kier molecular flexibility index (Phi) is 5.52. The van der Waals surface area contributed by atoms with Gasteiger partial charge in [-0.2, -0.15) is 0 Å². The Morgan fingerprint density at radius 2 is 1.96 bits per heavy atom. The van der Waals surface area contributed by atoms with Crippen LogP contribution in [0, 0.1) is 10.1 Å². The first-order valence-electron chi connectivity index (χ1n) is 7.95. The van der Waals surface area contributed by atoms with E-state index in [9.17, 15) is 15.2 Å². The second kappa shape index (κ2) is 8.00. The van der Waals surface area contributed by atoms with Crippen molar-refractivity contribution in [1.29, 1.82) is 0 Å². The van der Waals surface area contributed by atoms with Gasteiger partial charge in [0.15, 0.2) is 11.5 Å². The SMILES string of the molecule is NN(Cc1ccc2c(c1)OCO2)CC(O)COc1ccc([N+](=O)[O-])cc1. The van der Waals surface area contributed by atoms with E-state index in [1.54, 1.807) is 0 Å². The Labute approximate surface area is 149 Å². The Hall–Kier alpha value is -2.88. The fraction of sp³-hybridized carbons (Fsp3) is 0.294. The van der Waals surface area contributed by atoms with Crippen molar-refractivity contribution in [1.82, 2.24) is 5.01 Å². The second-order valence-electron chi connectivity index (χ2n) is 5.83. The van der Waals surface area contributed by atoms with E-state index in [4.69, 9.17) is 20.1 Å². The van der Waals surface area contributed by atoms with Gasteiger partial charge >= 0.3 is 0 Å². The van der Waals surface area contributed by atoms with Crippen LogP contribution < -0.4 is 20.1 Å². The number of non-ortho nitro benzene ring substituents is 1. The number of nitro groups is 1. The molecule has 0 aromatic heterocycles. The second-order valence-corrected chi connectivity index (χ2v) is 5.83. The number of rotatable bonds is 8. The van der Waals surface area contributed by atoms with Crippen molar-refractivity contribution in [3.8, 4) is 17.2 Å². The smallest absolute Gasteiger partial charge is 0.269 e. The minimum Gasteiger partial charge on any atom is -0.491 e. The van der Waals surface area contributed by atoms with Crippen molar-refractivity contribution in [2.75, 3.05) is 19.9 Å². The molecule has 0 amide bonds. The van der Waals surface area contributed by atoms with Gasteiger partial charge in [-0.3, -0.25) is 16.0 Å². The molecule has 0 aliphatic carbocycles. The van der Waals surface area contributed by atoms with Crippen molar-refractivity contribution >= 4 is 5.69 Å². The lowest BCUT2D eigenvalue weighted by Gasteiger charge is -2.20. The lowest BCUT2D eigenvalue weighted by atomic mass is 10.2. The Morgan fingerprint density at radius 3 is 2.69 bits per heavy atom. The van der Waals surface area contributed by atoms with Gasteiger partial charge in [-0.1, -0.05) is 6.07 Å². The summed E-state index contributed by atoms with van der Waals surface area (Å²) in [4.78, 5) is 10.1. The van der Waals surface area contributed by atoms with E-state index in [-0.39, 0.29) is 25.6 Å². The van der Waals surface area contributed by atoms with Crippen LogP contribution in [0.25, 0.3) is 0 Å². The largest absolute Gasteiger partial charge is 0.491 e. The maximum absolute atomic E-state index is 10.6. The Balaban J connectivity index is 1.45. The van der Waals surface area contributed by atoms with E-state index in [1.807, 2.05) is 18.2 Å². The summed E-state index contributed by atoms with van der Waals surface area (Å²) in [6, 6.07) is 11.2. The minimum absolute atomic E-state index is 0.0187. The number of nitro benzene ring substituents is 1. The van der Waals surface area contributed by atoms with Gasteiger partial charge in [0.1, 0.15) is 18.5 Å². The van der Waals surface area contributed by atoms with E-state index >= 15 is 0 Å². The molecule has 0 saturated carbocycles. The molecule has 138 valence electrons. The van der Waals surface area contributed by atoms with E-state index in [1.165, 1.54) is 29.3 Å². The first-order valence-corrected chi connectivity index (χ1v) is 7.95. The fourth-order valence-corrected chi connectivity index (χ4v) is 2.52. The molecule has 0 saturated heterocycles. The summed E-state index contributed by atoms with van der Waals surface area (Å²) in [6.07, 6.45) is -0.816. The van der Waals surface area contributed by atoms with Crippen LogP contribution in [0.1, 0.15) is 5.56 Å². The van der Waals surface area contributed by atoms with Gasteiger partial charge in [-0.25, -0.2) is 5.01 Å². The monoisotopic (exact) mass is 361 g/mol. The van der Waals surface area contributed by atoms with Crippen molar-refractivity contribution < 1.29 is 24.2 Å². The van der Waals surface area contributed by atoms with Gasteiger partial charge in [-0.05, 0) is 29.8 Å². The van der Waals surface area contributed by atoms with Crippen LogP contribution in [0.15, 0.2) is 42.5 Å². The molecule has 9 nitrogen and oxygen atoms in total. The predicted octanol–water partition coefficient (Wildman–Crippen LogP) is 1.44. The summed E-state index contributed by atoms with van der Waals surface area (Å²) >= 11 is 0. The highest BCUT2D eigenvalue weighted by Crippen LogP contribution is 2.32. The molecule has 2 aromatic rings. The molecule has 26 heavy (non-hydrogen) atoms. The van der Waals surface area contributed by atoms with Crippen LogP contribution >= 0.6 is 0 Å². The number of hydrazine groups is 1. The number of hydrogen-bond acceptors (Lipinski definition) is 8. The lowest BCUT2D eigenvalue weighted by molar-refractivity contribution is -0.384. The van der Waals surface area contributed by atoms with Crippen LogP contribution in [-0.2, 0) is 6.54 Å². The highest BCUT2D eigenvalue weighted by atomic mass is 16.7. The van der Waals surface area contributed by atoms with Crippen LogP contribution in [0.2, 0.25) is 0 Å². The average molecular weight is 361 g/mol. The maximum Gasteiger partial charge on any atom is 0.269 e. The molecule has 3 N–H and O–H groups in total. The maximum atomic E-state index is 10.6. The average Bonchev–Trinajstić information content (AvgIpc) is 3.08. The van der Waals surface area contributed by atoms with E-state index < -0.39 is 11.0 Å². The van der Waals surface area contributed by atoms with Gasteiger partial charge in [0, 0.05) is 25.2 Å². The van der Waals surface area contributed by atoms with Crippen LogP contribution in [0.5, 0.6) is 17.2 Å². The number of nitrogens with zero attached hydrogens (tertiary/aromatic N) is 2. The van der Waals surface area contributed by atoms with Crippen molar-refractivity contribution in [2.24, 2.45) is 5.84 Å². The minimum atomic E-state index is -0.816. The van der Waals surface area contributed by atoms with E-state index in [2.05, 4.69) is 0 Å². The van der Waals surface area contributed by atoms with Crippen LogP contribution in [0.3, 0.4) is 0 Å². The van der Waals surface area contributed by atoms with Crippen LogP contribution in [-0.4, -0.2) is 41.1 Å². The third kappa shape index (κ3) is 4.60. The normalized spacial score (nSPS) is 13.7. The van der Waals surface area contributed by atoms with E-state index in [0.717, 1.165) is 5.56 Å². The summed E-state index contributed by atoms with van der Waals surface area (Å²) in [5, 5.41) is 22.1. The van der Waals surface area contributed by atoms with Crippen molar-refractivity contribution in [2.45, 2.75) is 12.6 Å². The van der Waals surface area contributed by atoms with Crippen molar-refractivity contribution in [3.63, 3.8) is 0 Å². The lowest BCUT2D eigenvalue weighted by Crippen LogP contribution is -2.39. The molecule has 1 aliphatic rings. The first kappa shape index (κ1) is 17.9. The molecule has 0 radical (unpaired) electrons. The molecule has 0 spiro atoms. The number of ether oxygens (including phenoxy) is 3. The number of fused-ring (bicyclic) bond motifs is 1. The first-order chi connectivity index (χ1) is 12.5. The zero-order valence-corrected chi connectivity index (χ0v) is 13.9. The number of nitrogens with two attached hydrogens (primary N) is 1. The molecule has 9 heteroatoms. The summed E-state index contributed by atoms with van der Waals surface area (Å²) < 4.78 is 16.0. The predicted molar refractivity (Wildman–Crippen MR) is 91.8 cm³/mol. The highest BCUT2D eigenvalue weighted by molar-refractivity contribution is 5.44. The summed E-state index contributed by atoms with van der Waals surface area (Å²) in [6.45, 7) is 0.850. The number of hydrogen-bond donors (Lipinski definition) is 2. The third-order valence-electron chi connectivity index (χ3n) is 3.76. The summed E-state index contributed by atoms with van der Waals surface area (Å²) in [5.74, 6) is 7.76. The number of benzene rings is 2. The number of aliphatic hydroxyl groups excluding tert-OH is 1. The Morgan fingerprint density at radius 1 is 1.23 bits per heavy atom. The molecule has 3 rings (SSSR count). The molecule has 1 aliphatic heterocycles. The third-order valence-corrected chi connectivity index (χ3v) is 3.76. The zero-order valence-electron chi connectivity index (χ0n) is 13.9. The quantitative estimate of drug-likeness (QED) is 0.412. The zero-order chi connectivity index (χ0) is 18.5. The van der Waals surface area contributed by atoms with Gasteiger partial charge in [-0.15, -0.1) is 0 Å². The van der Waals surface area contributed by atoms with Gasteiger partial charge in [0.25, 0.3) is 5.69 Å². The molecule has 1 heterocycles. The van der Waals surface area contributed by atoms with Gasteiger partial charge < -0.3 is 19.3 Å². The highest BCUT2D eigenvalue weighted by Gasteiger charge is 2.15. The molecule has 0 bridgehead atoms. The number of aliphatic hydroxyl groups is 1.